The van der Waals surface area contributed by atoms with Gasteiger partial charge in [0.05, 0.1) is 12.7 Å². The van der Waals surface area contributed by atoms with Crippen molar-refractivity contribution in [3.63, 3.8) is 0 Å². The average Bonchev–Trinajstić information content (AvgIpc) is 3.14. The second-order valence-corrected chi connectivity index (χ2v) is 5.08. The largest absolute Gasteiger partial charge is 0.343 e. The van der Waals surface area contributed by atoms with Crippen LogP contribution >= 0.6 is 11.6 Å². The maximum absolute atomic E-state index is 12.7. The lowest BCUT2D eigenvalue weighted by molar-refractivity contribution is -0.121. The van der Waals surface area contributed by atoms with Gasteiger partial charge in [0.25, 0.3) is 12.3 Å². The van der Waals surface area contributed by atoms with E-state index in [-0.39, 0.29) is 16.9 Å². The molecule has 1 aromatic rings. The van der Waals surface area contributed by atoms with Crippen LogP contribution in [0.1, 0.15) is 12.8 Å². The second-order valence-electron chi connectivity index (χ2n) is 4.75. The molecular weight excluding hydrogens is 278 g/mol. The summed E-state index contributed by atoms with van der Waals surface area (Å²) >= 11 is 5.74. The molecule has 2 heterocycles. The minimum Gasteiger partial charge on any atom is -0.343 e. The SMILES string of the molecule is CN1c2nc(Cl)ncc2N(CC(F)F)C(=O)C12CC2. The van der Waals surface area contributed by atoms with Crippen LogP contribution < -0.4 is 9.80 Å². The number of carbonyl (C=O) groups is 1. The van der Waals surface area contributed by atoms with E-state index in [1.165, 1.54) is 6.20 Å². The summed E-state index contributed by atoms with van der Waals surface area (Å²) in [7, 11) is 1.73. The molecule has 1 fully saturated rings. The molecule has 1 saturated carbocycles. The zero-order valence-electron chi connectivity index (χ0n) is 10.1. The standard InChI is InChI=1S/C11H11ClF2N4O/c1-17-8-6(4-15-10(12)16-8)18(5-7(13)14)9(19)11(17)2-3-11/h4,7H,2-3,5H2,1H3. The number of likely N-dealkylation sites (N-methyl/N-ethyl adjacent to an activating group) is 1. The fraction of sp³-hybridized carbons (Fsp3) is 0.545. The number of rotatable bonds is 2. The summed E-state index contributed by atoms with van der Waals surface area (Å²) in [5, 5.41) is 0.0349. The van der Waals surface area contributed by atoms with Crippen LogP contribution in [0.3, 0.4) is 0 Å². The quantitative estimate of drug-likeness (QED) is 0.778. The molecule has 3 rings (SSSR count). The number of amides is 1. The third kappa shape index (κ3) is 1.75. The Kier molecular flexibility index (Phi) is 2.63. The molecule has 0 bridgehead atoms. The van der Waals surface area contributed by atoms with Crippen molar-refractivity contribution in [1.29, 1.82) is 0 Å². The van der Waals surface area contributed by atoms with Crippen molar-refractivity contribution in [2.24, 2.45) is 0 Å². The molecule has 19 heavy (non-hydrogen) atoms. The molecule has 2 aliphatic rings. The summed E-state index contributed by atoms with van der Waals surface area (Å²) < 4.78 is 25.3. The normalized spacial score (nSPS) is 20.2. The molecule has 102 valence electrons. The summed E-state index contributed by atoms with van der Waals surface area (Å²) in [6.45, 7) is -0.646. The van der Waals surface area contributed by atoms with Crippen LogP contribution in [0, 0.1) is 0 Å². The molecule has 0 saturated heterocycles. The van der Waals surface area contributed by atoms with Gasteiger partial charge in [-0.15, -0.1) is 0 Å². The Morgan fingerprint density at radius 2 is 2.21 bits per heavy atom. The van der Waals surface area contributed by atoms with Crippen LogP contribution in [0.5, 0.6) is 0 Å². The van der Waals surface area contributed by atoms with Crippen LogP contribution in [-0.2, 0) is 4.79 Å². The first kappa shape index (κ1) is 12.5. The van der Waals surface area contributed by atoms with E-state index in [1.807, 2.05) is 0 Å². The number of carbonyl (C=O) groups excluding carboxylic acids is 1. The van der Waals surface area contributed by atoms with E-state index in [4.69, 9.17) is 11.6 Å². The monoisotopic (exact) mass is 288 g/mol. The lowest BCUT2D eigenvalue weighted by Gasteiger charge is -2.40. The molecule has 0 radical (unpaired) electrons. The highest BCUT2D eigenvalue weighted by Gasteiger charge is 2.59. The molecule has 8 heteroatoms. The molecule has 5 nitrogen and oxygen atoms in total. The van der Waals surface area contributed by atoms with Gasteiger partial charge in [-0.05, 0) is 24.4 Å². The minimum atomic E-state index is -2.60. The zero-order chi connectivity index (χ0) is 13.8. The van der Waals surface area contributed by atoms with Gasteiger partial charge in [-0.3, -0.25) is 9.69 Å². The van der Waals surface area contributed by atoms with Crippen molar-refractivity contribution in [3.8, 4) is 0 Å². The molecule has 0 aromatic carbocycles. The number of fused-ring (bicyclic) bond motifs is 1. The first-order valence-electron chi connectivity index (χ1n) is 5.82. The Bertz CT molecular complexity index is 549. The van der Waals surface area contributed by atoms with Crippen molar-refractivity contribution in [3.05, 3.63) is 11.5 Å². The van der Waals surface area contributed by atoms with E-state index < -0.39 is 18.5 Å². The smallest absolute Gasteiger partial charge is 0.256 e. The summed E-state index contributed by atoms with van der Waals surface area (Å²) in [4.78, 5) is 23.0. The fourth-order valence-electron chi connectivity index (χ4n) is 2.48. The van der Waals surface area contributed by atoms with Crippen molar-refractivity contribution in [2.75, 3.05) is 23.4 Å². The first-order chi connectivity index (χ1) is 8.95. The van der Waals surface area contributed by atoms with E-state index >= 15 is 0 Å². The molecule has 0 unspecified atom stereocenters. The summed E-state index contributed by atoms with van der Waals surface area (Å²) in [5.74, 6) is 0.117. The second kappa shape index (κ2) is 4.00. The van der Waals surface area contributed by atoms with E-state index in [0.717, 1.165) is 4.90 Å². The summed E-state index contributed by atoms with van der Waals surface area (Å²) in [5.41, 5.74) is -0.436. The topological polar surface area (TPSA) is 49.3 Å². The highest BCUT2D eigenvalue weighted by Crippen LogP contribution is 2.50. The fourth-order valence-corrected chi connectivity index (χ4v) is 2.61. The molecule has 1 aliphatic heterocycles. The summed E-state index contributed by atoms with van der Waals surface area (Å²) in [6.07, 6.45) is -0.00477. The number of anilines is 2. The van der Waals surface area contributed by atoms with Gasteiger partial charge in [-0.2, -0.15) is 4.98 Å². The predicted octanol–water partition coefficient (Wildman–Crippen LogP) is 1.71. The number of halogens is 3. The van der Waals surface area contributed by atoms with Crippen molar-refractivity contribution in [1.82, 2.24) is 9.97 Å². The van der Waals surface area contributed by atoms with E-state index in [9.17, 15) is 13.6 Å². The highest BCUT2D eigenvalue weighted by molar-refractivity contribution is 6.28. The lowest BCUT2D eigenvalue weighted by Crippen LogP contribution is -2.55. The van der Waals surface area contributed by atoms with Crippen LogP contribution in [0.4, 0.5) is 20.3 Å². The lowest BCUT2D eigenvalue weighted by atomic mass is 10.1. The molecule has 1 spiro atoms. The van der Waals surface area contributed by atoms with E-state index in [1.54, 1.807) is 11.9 Å². The van der Waals surface area contributed by atoms with Crippen molar-refractivity contribution >= 4 is 29.0 Å². The highest BCUT2D eigenvalue weighted by atomic mass is 35.5. The maximum Gasteiger partial charge on any atom is 0.256 e. The number of hydrogen-bond donors (Lipinski definition) is 0. The van der Waals surface area contributed by atoms with Crippen LogP contribution in [-0.4, -0.2) is 41.4 Å². The molecule has 1 aliphatic carbocycles. The average molecular weight is 289 g/mol. The Morgan fingerprint density at radius 3 is 2.79 bits per heavy atom. The Balaban J connectivity index is 2.11. The third-order valence-corrected chi connectivity index (χ3v) is 3.84. The molecule has 0 N–H and O–H groups in total. The number of hydrogen-bond acceptors (Lipinski definition) is 4. The molecule has 1 aromatic heterocycles. The van der Waals surface area contributed by atoms with Gasteiger partial charge in [0.2, 0.25) is 5.28 Å². The Morgan fingerprint density at radius 1 is 1.53 bits per heavy atom. The van der Waals surface area contributed by atoms with Gasteiger partial charge in [0, 0.05) is 7.05 Å². The van der Waals surface area contributed by atoms with Gasteiger partial charge < -0.3 is 4.90 Å². The molecular formula is C11H11ClF2N4O. The van der Waals surface area contributed by atoms with Crippen LogP contribution in [0.25, 0.3) is 0 Å². The maximum atomic E-state index is 12.7. The molecule has 0 atom stereocenters. The zero-order valence-corrected chi connectivity index (χ0v) is 10.9. The molecule has 1 amide bonds. The number of nitrogens with zero attached hydrogens (tertiary/aromatic N) is 4. The van der Waals surface area contributed by atoms with Crippen molar-refractivity contribution < 1.29 is 13.6 Å². The van der Waals surface area contributed by atoms with Gasteiger partial charge in [0.15, 0.2) is 5.82 Å². The van der Waals surface area contributed by atoms with Gasteiger partial charge >= 0.3 is 0 Å². The first-order valence-corrected chi connectivity index (χ1v) is 6.20. The Labute approximate surface area is 113 Å². The van der Waals surface area contributed by atoms with Gasteiger partial charge in [-0.1, -0.05) is 0 Å². The predicted molar refractivity (Wildman–Crippen MR) is 65.8 cm³/mol. The van der Waals surface area contributed by atoms with Gasteiger partial charge in [-0.25, -0.2) is 13.8 Å². The summed E-state index contributed by atoms with van der Waals surface area (Å²) in [6, 6.07) is 0. The van der Waals surface area contributed by atoms with E-state index in [0.29, 0.717) is 18.7 Å². The van der Waals surface area contributed by atoms with Gasteiger partial charge in [0.1, 0.15) is 11.2 Å². The number of aromatic nitrogens is 2. The van der Waals surface area contributed by atoms with Crippen molar-refractivity contribution in [2.45, 2.75) is 24.8 Å². The van der Waals surface area contributed by atoms with Crippen LogP contribution in [0.2, 0.25) is 5.28 Å². The van der Waals surface area contributed by atoms with E-state index in [2.05, 4.69) is 9.97 Å². The Hall–Kier alpha value is -1.50. The minimum absolute atomic E-state index is 0.0349. The van der Waals surface area contributed by atoms with Crippen LogP contribution in [0.15, 0.2) is 6.20 Å². The third-order valence-electron chi connectivity index (χ3n) is 3.66. The number of alkyl halides is 2.